The lowest BCUT2D eigenvalue weighted by Crippen LogP contribution is -2.60. The zero-order valence-electron chi connectivity index (χ0n) is 36.6. The normalized spacial score (nSPS) is 27.4. The standard InChI is InChI=1S/C41H64N8O11/c1-21(2)15-27-39(57)49-19-26(50)18-29(49)40(58)46(9)20-32(52)47(10)28(16-22(3)4)35(53)43-24(7)38(56)48(11)30(17-23(5)6)41(59)60-25(8)33(36(54)44-27)45-37(55)34-31(51)13-12-14-42-34/h12-14,21-30,33,50-51H,15-20H2,1-11H3,(H,43,53)(H,44,54)(H,45,55)/t24-,25+,26+,27+,28?,29+,30-,33-/m0/s1. The first-order valence-corrected chi connectivity index (χ1v) is 20.5. The summed E-state index contributed by atoms with van der Waals surface area (Å²) in [6.45, 7) is 13.0. The number of aliphatic hydroxyl groups is 1. The van der Waals surface area contributed by atoms with Crippen LogP contribution in [0.3, 0.4) is 0 Å². The molecule has 2 aliphatic heterocycles. The fraction of sp³-hybridized carbons (Fsp3) is 0.683. The summed E-state index contributed by atoms with van der Waals surface area (Å²) in [6.07, 6.45) is -1.11. The van der Waals surface area contributed by atoms with Crippen molar-refractivity contribution < 1.29 is 53.3 Å². The number of aromatic nitrogens is 1. The van der Waals surface area contributed by atoms with Gasteiger partial charge in [0.15, 0.2) is 5.69 Å². The first kappa shape index (κ1) is 49.0. The number of aliphatic hydroxyl groups excluding tert-OH is 1. The van der Waals surface area contributed by atoms with Crippen LogP contribution < -0.4 is 16.0 Å². The highest BCUT2D eigenvalue weighted by Gasteiger charge is 2.45. The summed E-state index contributed by atoms with van der Waals surface area (Å²) < 4.78 is 5.84. The Balaban J connectivity index is 2.17. The topological polar surface area (TPSA) is 248 Å². The first-order chi connectivity index (χ1) is 27.9. The number of carbonyl (C=O) groups excluding carboxylic acids is 8. The van der Waals surface area contributed by atoms with Crippen LogP contribution in [-0.2, 0) is 38.3 Å². The van der Waals surface area contributed by atoms with E-state index in [2.05, 4.69) is 20.9 Å². The zero-order chi connectivity index (χ0) is 45.3. The van der Waals surface area contributed by atoms with E-state index in [9.17, 15) is 48.6 Å². The Morgan fingerprint density at radius 2 is 1.45 bits per heavy atom. The Bertz CT molecular complexity index is 1760. The van der Waals surface area contributed by atoms with Crippen LogP contribution in [-0.4, -0.2) is 165 Å². The summed E-state index contributed by atoms with van der Waals surface area (Å²) in [6, 6.07) is -5.09. The maximum absolute atomic E-state index is 14.4. The van der Waals surface area contributed by atoms with Crippen molar-refractivity contribution >= 4 is 47.3 Å². The smallest absolute Gasteiger partial charge is 0.329 e. The highest BCUT2D eigenvalue weighted by molar-refractivity contribution is 6.00. The number of ether oxygens (including phenoxy) is 1. The SMILES string of the molecule is CC(C)CC1C(=O)N[C@@H](C)C(=O)N(C)[C@@H](CC(C)C)C(=O)O[C@H](C)[C@H](NC(=O)c2ncccc2O)C(=O)N[C@H](CC(C)C)C(=O)N2C[C@H](O)C[C@@H]2C(=O)N(C)CC(=O)N1C. The molecule has 19 heteroatoms. The Morgan fingerprint density at radius 3 is 2.03 bits per heavy atom. The molecule has 0 bridgehead atoms. The number of hydrogen-bond acceptors (Lipinski definition) is 12. The van der Waals surface area contributed by atoms with Crippen LogP contribution >= 0.6 is 0 Å². The van der Waals surface area contributed by atoms with Crippen LogP contribution in [0.5, 0.6) is 5.75 Å². The lowest BCUT2D eigenvalue weighted by Gasteiger charge is -2.35. The number of carbonyl (C=O) groups is 8. The predicted octanol–water partition coefficient (Wildman–Crippen LogP) is 0.0329. The van der Waals surface area contributed by atoms with Crippen LogP contribution in [0.25, 0.3) is 0 Å². The van der Waals surface area contributed by atoms with Gasteiger partial charge in [-0.05, 0) is 63.0 Å². The number of likely N-dealkylation sites (N-methyl/N-ethyl adjacent to an activating group) is 3. The van der Waals surface area contributed by atoms with E-state index in [-0.39, 0.29) is 50.0 Å². The molecule has 60 heavy (non-hydrogen) atoms. The minimum absolute atomic E-state index is 0.0495. The Labute approximate surface area is 351 Å². The number of amides is 7. The predicted molar refractivity (Wildman–Crippen MR) is 217 cm³/mol. The molecule has 0 aliphatic carbocycles. The Morgan fingerprint density at radius 1 is 0.850 bits per heavy atom. The maximum Gasteiger partial charge on any atom is 0.329 e. The monoisotopic (exact) mass is 844 g/mol. The van der Waals surface area contributed by atoms with E-state index < -0.39 is 114 Å². The Kier molecular flexibility index (Phi) is 17.4. The summed E-state index contributed by atoms with van der Waals surface area (Å²) >= 11 is 0. The van der Waals surface area contributed by atoms with Crippen molar-refractivity contribution in [3.63, 3.8) is 0 Å². The molecular formula is C41H64N8O11. The highest BCUT2D eigenvalue weighted by Crippen LogP contribution is 2.24. The van der Waals surface area contributed by atoms with Crippen molar-refractivity contribution in [2.24, 2.45) is 17.8 Å². The third-order valence-corrected chi connectivity index (χ3v) is 10.6. The molecule has 0 radical (unpaired) electrons. The number of aromatic hydroxyl groups is 1. The van der Waals surface area contributed by atoms with Gasteiger partial charge >= 0.3 is 5.97 Å². The van der Waals surface area contributed by atoms with Gasteiger partial charge in [-0.15, -0.1) is 0 Å². The first-order valence-electron chi connectivity index (χ1n) is 20.5. The minimum Gasteiger partial charge on any atom is -0.505 e. The van der Waals surface area contributed by atoms with Crippen LogP contribution in [0.1, 0.15) is 91.6 Å². The summed E-state index contributed by atoms with van der Waals surface area (Å²) in [5.74, 6) is -7.12. The molecule has 19 nitrogen and oxygen atoms in total. The molecule has 1 unspecified atom stereocenters. The van der Waals surface area contributed by atoms with E-state index in [1.165, 1.54) is 58.2 Å². The number of esters is 1. The number of rotatable bonds is 8. The van der Waals surface area contributed by atoms with Crippen molar-refractivity contribution in [3.05, 3.63) is 24.0 Å². The molecule has 1 aromatic rings. The van der Waals surface area contributed by atoms with Gasteiger partial charge in [0.1, 0.15) is 48.1 Å². The zero-order valence-corrected chi connectivity index (χ0v) is 36.6. The molecule has 2 saturated heterocycles. The fourth-order valence-corrected chi connectivity index (χ4v) is 7.35. The van der Waals surface area contributed by atoms with E-state index in [0.29, 0.717) is 0 Å². The van der Waals surface area contributed by atoms with Crippen molar-refractivity contribution in [1.82, 2.24) is 40.5 Å². The van der Waals surface area contributed by atoms with E-state index in [1.807, 2.05) is 27.7 Å². The molecule has 8 atom stereocenters. The summed E-state index contributed by atoms with van der Waals surface area (Å²) in [7, 11) is 4.16. The van der Waals surface area contributed by atoms with Crippen molar-refractivity contribution in [2.75, 3.05) is 34.2 Å². The molecule has 334 valence electrons. The quantitative estimate of drug-likeness (QED) is 0.218. The van der Waals surface area contributed by atoms with Crippen molar-refractivity contribution in [3.8, 4) is 5.75 Å². The molecule has 3 heterocycles. The highest BCUT2D eigenvalue weighted by atomic mass is 16.5. The second-order valence-corrected chi connectivity index (χ2v) is 17.2. The van der Waals surface area contributed by atoms with Crippen molar-refractivity contribution in [2.45, 2.75) is 130 Å². The van der Waals surface area contributed by atoms with Gasteiger partial charge in [-0.1, -0.05) is 41.5 Å². The molecule has 7 amide bonds. The van der Waals surface area contributed by atoms with Gasteiger partial charge in [0, 0.05) is 40.3 Å². The average molecular weight is 845 g/mol. The summed E-state index contributed by atoms with van der Waals surface area (Å²) in [5.41, 5.74) is -0.437. The number of nitrogens with zero attached hydrogens (tertiary/aromatic N) is 5. The molecule has 2 aliphatic rings. The third-order valence-electron chi connectivity index (χ3n) is 10.6. The van der Waals surface area contributed by atoms with Gasteiger partial charge in [-0.25, -0.2) is 9.78 Å². The van der Waals surface area contributed by atoms with Gasteiger partial charge in [0.2, 0.25) is 35.4 Å². The summed E-state index contributed by atoms with van der Waals surface area (Å²) in [4.78, 5) is 120. The van der Waals surface area contributed by atoms with E-state index >= 15 is 0 Å². The van der Waals surface area contributed by atoms with Crippen LogP contribution in [0.15, 0.2) is 18.3 Å². The molecule has 0 spiro atoms. The number of fused-ring (bicyclic) bond motifs is 1. The molecule has 3 rings (SSSR count). The fourth-order valence-electron chi connectivity index (χ4n) is 7.35. The average Bonchev–Trinajstić information content (AvgIpc) is 3.56. The van der Waals surface area contributed by atoms with Gasteiger partial charge in [-0.3, -0.25) is 33.6 Å². The number of nitrogens with one attached hydrogen (secondary N) is 3. The lowest BCUT2D eigenvalue weighted by atomic mass is 10.00. The van der Waals surface area contributed by atoms with E-state index in [4.69, 9.17) is 4.74 Å². The minimum atomic E-state index is -1.70. The van der Waals surface area contributed by atoms with Gasteiger partial charge < -0.3 is 50.5 Å². The maximum atomic E-state index is 14.4. The Hall–Kier alpha value is -5.33. The lowest BCUT2D eigenvalue weighted by molar-refractivity contribution is -0.161. The molecule has 2 fully saturated rings. The molecular weight excluding hydrogens is 780 g/mol. The van der Waals surface area contributed by atoms with E-state index in [1.54, 1.807) is 13.8 Å². The van der Waals surface area contributed by atoms with E-state index in [0.717, 1.165) is 14.7 Å². The summed E-state index contributed by atoms with van der Waals surface area (Å²) in [5, 5.41) is 28.9. The number of hydrogen-bond donors (Lipinski definition) is 5. The molecule has 5 N–H and O–H groups in total. The van der Waals surface area contributed by atoms with Gasteiger partial charge in [0.25, 0.3) is 5.91 Å². The second kappa shape index (κ2) is 21.3. The number of pyridine rings is 1. The van der Waals surface area contributed by atoms with Crippen LogP contribution in [0.4, 0.5) is 0 Å². The van der Waals surface area contributed by atoms with Gasteiger partial charge in [-0.2, -0.15) is 0 Å². The molecule has 1 aromatic heterocycles. The second-order valence-electron chi connectivity index (χ2n) is 17.2. The van der Waals surface area contributed by atoms with Gasteiger partial charge in [0.05, 0.1) is 12.6 Å². The molecule has 0 saturated carbocycles. The largest absolute Gasteiger partial charge is 0.505 e. The van der Waals surface area contributed by atoms with Crippen LogP contribution in [0, 0.1) is 17.8 Å². The van der Waals surface area contributed by atoms with Crippen molar-refractivity contribution in [1.29, 1.82) is 0 Å². The molecule has 0 aromatic carbocycles. The third kappa shape index (κ3) is 12.6. The number of cyclic esters (lactones) is 1. The van der Waals surface area contributed by atoms with Crippen LogP contribution in [0.2, 0.25) is 0 Å².